The Morgan fingerprint density at radius 1 is 0.927 bits per heavy atom. The molecule has 4 aliphatic heterocycles. The van der Waals surface area contributed by atoms with E-state index in [0.717, 1.165) is 66.9 Å². The zero-order chi connectivity index (χ0) is 38.5. The maximum Gasteiger partial charge on any atom is 0.262 e. The Labute approximate surface area is 338 Å². The number of ether oxygens (including phenoxy) is 1. The molecule has 0 radical (unpaired) electrons. The van der Waals surface area contributed by atoms with E-state index in [-0.39, 0.29) is 36.8 Å². The number of nitriles is 1. The predicted octanol–water partition coefficient (Wildman–Crippen LogP) is 6.03. The third kappa shape index (κ3) is 7.20. The number of fused-ring (bicyclic) bond motifs is 2. The molecule has 0 aromatic heterocycles. The number of imide groups is 2. The number of carbonyl (C=O) groups excluding carboxylic acids is 5. The number of carbonyl (C=O) groups is 5. The van der Waals surface area contributed by atoms with E-state index in [1.165, 1.54) is 0 Å². The number of hydrogen-bond acceptors (Lipinski definition) is 9. The summed E-state index contributed by atoms with van der Waals surface area (Å²) in [4.78, 5) is 70.1. The first kappa shape index (κ1) is 37.4. The summed E-state index contributed by atoms with van der Waals surface area (Å²) in [6, 6.07) is 18.2. The summed E-state index contributed by atoms with van der Waals surface area (Å²) in [6.07, 6.45) is 4.60. The first-order valence-electron chi connectivity index (χ1n) is 18.8. The minimum atomic E-state index is -0.969. The molecule has 3 aromatic carbocycles. The second-order valence-corrected chi connectivity index (χ2v) is 16.7. The van der Waals surface area contributed by atoms with Gasteiger partial charge in [-0.15, -0.1) is 0 Å². The van der Waals surface area contributed by atoms with E-state index >= 15 is 0 Å². The van der Waals surface area contributed by atoms with Gasteiger partial charge < -0.3 is 9.64 Å². The van der Waals surface area contributed by atoms with E-state index in [9.17, 15) is 24.0 Å². The van der Waals surface area contributed by atoms with Crippen LogP contribution in [0.25, 0.3) is 0 Å². The van der Waals surface area contributed by atoms with Crippen molar-refractivity contribution in [3.05, 3.63) is 93.0 Å². The van der Waals surface area contributed by atoms with Crippen molar-refractivity contribution in [3.63, 3.8) is 0 Å². The molecule has 3 fully saturated rings. The van der Waals surface area contributed by atoms with E-state index in [1.54, 1.807) is 18.2 Å². The maximum atomic E-state index is 13.6. The van der Waals surface area contributed by atoms with E-state index in [4.69, 9.17) is 21.6 Å². The lowest BCUT2D eigenvalue weighted by atomic mass is 9.84. The van der Waals surface area contributed by atoms with Crippen molar-refractivity contribution in [2.45, 2.75) is 89.2 Å². The molecule has 1 aliphatic carbocycles. The topological polar surface area (TPSA) is 143 Å². The minimum Gasteiger partial charge on any atom is -0.490 e. The molecule has 4 heterocycles. The molecule has 14 heteroatoms. The van der Waals surface area contributed by atoms with Crippen molar-refractivity contribution >= 4 is 69.7 Å². The maximum absolute atomic E-state index is 13.6. The van der Waals surface area contributed by atoms with Crippen LogP contribution in [0.3, 0.4) is 0 Å². The molecule has 12 nitrogen and oxygen atoms in total. The normalized spacial score (nSPS) is 24.3. The molecule has 5 aliphatic rings. The van der Waals surface area contributed by atoms with Crippen LogP contribution in [0.15, 0.2) is 54.6 Å². The van der Waals surface area contributed by atoms with Gasteiger partial charge in [0.1, 0.15) is 24.0 Å². The van der Waals surface area contributed by atoms with Gasteiger partial charge in [-0.3, -0.25) is 42.2 Å². The van der Waals surface area contributed by atoms with Crippen LogP contribution in [0.1, 0.15) is 99.6 Å². The van der Waals surface area contributed by atoms with Crippen LogP contribution in [0.5, 0.6) is 5.75 Å². The van der Waals surface area contributed by atoms with Gasteiger partial charge in [-0.2, -0.15) is 5.26 Å². The number of piperidine rings is 2. The van der Waals surface area contributed by atoms with Gasteiger partial charge in [0.25, 0.3) is 17.7 Å². The molecule has 8 rings (SSSR count). The number of amides is 5. The summed E-state index contributed by atoms with van der Waals surface area (Å²) in [5, 5.41) is 11.8. The van der Waals surface area contributed by atoms with Gasteiger partial charge in [0.2, 0.25) is 11.8 Å². The van der Waals surface area contributed by atoms with Crippen LogP contribution in [0, 0.1) is 17.2 Å². The van der Waals surface area contributed by atoms with Crippen molar-refractivity contribution in [2.75, 3.05) is 18.0 Å². The molecule has 4 atom stereocenters. The Bertz CT molecular complexity index is 2090. The van der Waals surface area contributed by atoms with Crippen molar-refractivity contribution in [3.8, 4) is 11.8 Å². The molecule has 284 valence electrons. The molecule has 1 unspecified atom stereocenters. The lowest BCUT2D eigenvalue weighted by molar-refractivity contribution is -0.136. The first-order valence-corrected chi connectivity index (χ1v) is 20.2. The zero-order valence-corrected chi connectivity index (χ0v) is 33.2. The number of hydrogen-bond donors (Lipinski definition) is 1. The van der Waals surface area contributed by atoms with Crippen molar-refractivity contribution in [1.29, 1.82) is 5.26 Å². The molecular weight excluding hydrogens is 835 g/mol. The van der Waals surface area contributed by atoms with Gasteiger partial charge in [-0.25, -0.2) is 0 Å². The molecule has 1 N–H and O–H groups in total. The molecule has 3 aromatic rings. The SMILES string of the molecule is C[C@H]1C[C@@H](N(I)C(=O)c2ccc(N3CCC(N4Cc5cc6c(cc5C4)C(=O)N(C4CCC(=O)NC4=O)C6=O)CC3)cc2)CC[C@@H]1Oc1ccc(C#N)c(Cl)c1. The predicted molar refractivity (Wildman–Crippen MR) is 212 cm³/mol. The highest BCUT2D eigenvalue weighted by molar-refractivity contribution is 14.1. The van der Waals surface area contributed by atoms with Gasteiger partial charge in [-0.05, 0) is 104 Å². The Hall–Kier alpha value is -4.52. The summed E-state index contributed by atoms with van der Waals surface area (Å²) in [6.45, 7) is 5.27. The largest absolute Gasteiger partial charge is 0.490 e. The average Bonchev–Trinajstić information content (AvgIpc) is 3.71. The van der Waals surface area contributed by atoms with Gasteiger partial charge in [0.05, 0.1) is 44.6 Å². The van der Waals surface area contributed by atoms with Crippen molar-refractivity contribution in [2.24, 2.45) is 5.92 Å². The minimum absolute atomic E-state index is 0.00130. The second-order valence-electron chi connectivity index (χ2n) is 15.3. The monoisotopic (exact) mass is 874 g/mol. The Kier molecular flexibility index (Phi) is 10.3. The standard InChI is InChI=1S/C41H40ClIN6O6/c1-23-16-30(7-10-36(23)55-31-8-4-25(20-44)34(42)19-31)49(43)39(52)24-2-5-28(6-3-24)46-14-12-29(13-15-46)47-21-26-17-32-33(18-27(26)22-47)41(54)48(40(32)53)35-9-11-37(50)45-38(35)51/h2-6,8,17-19,23,29-30,35-36H,7,9-16,21-22H2,1H3,(H,45,50,51)/t23-,30-,35?,36-/m0/s1. The number of halogens is 2. The lowest BCUT2D eigenvalue weighted by Gasteiger charge is -2.38. The average molecular weight is 875 g/mol. The van der Waals surface area contributed by atoms with Crippen LogP contribution < -0.4 is 15.0 Å². The molecule has 55 heavy (non-hydrogen) atoms. The lowest BCUT2D eigenvalue weighted by Crippen LogP contribution is -2.54. The number of nitrogens with one attached hydrogen (secondary N) is 1. The van der Waals surface area contributed by atoms with Crippen LogP contribution in [0.2, 0.25) is 5.02 Å². The fraction of sp³-hybridized carbons (Fsp3) is 0.415. The second kappa shape index (κ2) is 15.2. The first-order chi connectivity index (χ1) is 26.5. The molecular formula is C41H40ClIN6O6. The van der Waals surface area contributed by atoms with Gasteiger partial charge in [0, 0.05) is 62.0 Å². The Morgan fingerprint density at radius 2 is 1.60 bits per heavy atom. The van der Waals surface area contributed by atoms with Crippen LogP contribution >= 0.6 is 34.5 Å². The summed E-state index contributed by atoms with van der Waals surface area (Å²) >= 11 is 8.36. The summed E-state index contributed by atoms with van der Waals surface area (Å²) in [7, 11) is 0. The number of benzene rings is 3. The zero-order valence-electron chi connectivity index (χ0n) is 30.3. The number of anilines is 1. The quantitative estimate of drug-likeness (QED) is 0.171. The number of rotatable bonds is 7. The van der Waals surface area contributed by atoms with Crippen LogP contribution in [-0.2, 0) is 22.7 Å². The van der Waals surface area contributed by atoms with Crippen LogP contribution in [0.4, 0.5) is 5.69 Å². The van der Waals surface area contributed by atoms with Gasteiger partial charge >= 0.3 is 0 Å². The highest BCUT2D eigenvalue weighted by atomic mass is 127. The Morgan fingerprint density at radius 3 is 2.20 bits per heavy atom. The Balaban J connectivity index is 0.823. The summed E-state index contributed by atoms with van der Waals surface area (Å²) < 4.78 is 8.08. The highest BCUT2D eigenvalue weighted by Crippen LogP contribution is 2.37. The fourth-order valence-electron chi connectivity index (χ4n) is 8.80. The van der Waals surface area contributed by atoms with E-state index in [0.29, 0.717) is 52.2 Å². The highest BCUT2D eigenvalue weighted by Gasteiger charge is 2.45. The van der Waals surface area contributed by atoms with Gasteiger partial charge in [0.15, 0.2) is 0 Å². The summed E-state index contributed by atoms with van der Waals surface area (Å²) in [5.41, 5.74) is 4.88. The van der Waals surface area contributed by atoms with E-state index < -0.39 is 29.7 Å². The fourth-order valence-corrected chi connectivity index (χ4v) is 9.80. The molecule has 0 bridgehead atoms. The molecule has 1 saturated carbocycles. The third-order valence-corrected chi connectivity index (χ3v) is 13.4. The third-order valence-electron chi connectivity index (χ3n) is 11.9. The molecule has 0 spiro atoms. The van der Waals surface area contributed by atoms with Crippen molar-refractivity contribution in [1.82, 2.24) is 18.2 Å². The van der Waals surface area contributed by atoms with Gasteiger partial charge in [-0.1, -0.05) is 18.5 Å². The summed E-state index contributed by atoms with van der Waals surface area (Å²) in [5.74, 6) is -1.07. The molecule has 5 amide bonds. The smallest absolute Gasteiger partial charge is 0.262 e. The van der Waals surface area contributed by atoms with E-state index in [2.05, 4.69) is 51.0 Å². The molecule has 2 saturated heterocycles. The van der Waals surface area contributed by atoms with Crippen molar-refractivity contribution < 1.29 is 28.7 Å². The van der Waals surface area contributed by atoms with E-state index in [1.807, 2.05) is 39.5 Å². The number of nitrogens with zero attached hydrogens (tertiary/aromatic N) is 5. The van der Waals surface area contributed by atoms with Crippen LogP contribution in [-0.4, -0.2) is 79.8 Å².